The number of hydrogen-bond donors (Lipinski definition) is 1. The molecule has 4 rings (SSSR count). The molecule has 4 aromatic rings. The molecule has 0 aliphatic carbocycles. The first-order chi connectivity index (χ1) is 13.5. The molecule has 0 bridgehead atoms. The number of para-hydroxylation sites is 1. The molecule has 2 aromatic heterocycles. The maximum atomic E-state index is 12.8. The third-order valence-electron chi connectivity index (χ3n) is 4.29. The molecule has 0 spiro atoms. The zero-order valence-electron chi connectivity index (χ0n) is 14.9. The van der Waals surface area contributed by atoms with Crippen molar-refractivity contribution in [1.82, 2.24) is 14.6 Å². The van der Waals surface area contributed by atoms with E-state index in [-0.39, 0.29) is 11.2 Å². The van der Waals surface area contributed by atoms with Crippen molar-refractivity contribution in [3.05, 3.63) is 64.6 Å². The Morgan fingerprint density at radius 3 is 2.61 bits per heavy atom. The second-order valence-electron chi connectivity index (χ2n) is 6.23. The highest BCUT2D eigenvalue weighted by atomic mass is 35.5. The zero-order valence-corrected chi connectivity index (χ0v) is 17.2. The zero-order chi connectivity index (χ0) is 19.7. The average Bonchev–Trinajstić information content (AvgIpc) is 3.08. The van der Waals surface area contributed by atoms with Crippen molar-refractivity contribution in [2.24, 2.45) is 0 Å². The Morgan fingerprint density at radius 1 is 1.11 bits per heavy atom. The molecule has 0 fully saturated rings. The maximum Gasteiger partial charge on any atom is 0.237 e. The van der Waals surface area contributed by atoms with Crippen LogP contribution in [0.15, 0.2) is 59.8 Å². The molecule has 0 radical (unpaired) electrons. The van der Waals surface area contributed by atoms with Crippen LogP contribution in [0.4, 0.5) is 5.69 Å². The number of fused-ring (bicyclic) bond motifs is 3. The van der Waals surface area contributed by atoms with E-state index in [1.54, 1.807) is 18.2 Å². The van der Waals surface area contributed by atoms with Gasteiger partial charge in [-0.25, -0.2) is 0 Å². The Balaban J connectivity index is 1.63. The molecule has 5 nitrogen and oxygen atoms in total. The molecule has 1 unspecified atom stereocenters. The van der Waals surface area contributed by atoms with Crippen LogP contribution in [0.25, 0.3) is 16.6 Å². The summed E-state index contributed by atoms with van der Waals surface area (Å²) in [5, 5.41) is 13.8. The number of amides is 1. The number of carbonyl (C=O) groups excluding carboxylic acids is 1. The topological polar surface area (TPSA) is 59.3 Å². The third kappa shape index (κ3) is 3.81. The lowest BCUT2D eigenvalue weighted by atomic mass is 10.2. The first-order valence-electron chi connectivity index (χ1n) is 8.71. The van der Waals surface area contributed by atoms with E-state index in [1.165, 1.54) is 11.8 Å². The smallest absolute Gasteiger partial charge is 0.237 e. The number of carbonyl (C=O) groups is 1. The number of nitrogens with one attached hydrogen (secondary N) is 1. The number of thioether (sulfide) groups is 1. The van der Waals surface area contributed by atoms with Crippen LogP contribution in [0.5, 0.6) is 0 Å². The minimum atomic E-state index is -0.343. The Kier molecular flexibility index (Phi) is 5.44. The molecule has 2 heterocycles. The van der Waals surface area contributed by atoms with Gasteiger partial charge in [0.15, 0.2) is 10.8 Å². The summed E-state index contributed by atoms with van der Waals surface area (Å²) in [4.78, 5) is 12.8. The van der Waals surface area contributed by atoms with E-state index in [9.17, 15) is 4.79 Å². The van der Waals surface area contributed by atoms with Crippen molar-refractivity contribution in [1.29, 1.82) is 0 Å². The van der Waals surface area contributed by atoms with E-state index >= 15 is 0 Å². The highest BCUT2D eigenvalue weighted by molar-refractivity contribution is 8.00. The molecule has 1 N–H and O–H groups in total. The largest absolute Gasteiger partial charge is 0.325 e. The van der Waals surface area contributed by atoms with Crippen molar-refractivity contribution < 1.29 is 4.79 Å². The quantitative estimate of drug-likeness (QED) is 0.412. The molecule has 1 amide bonds. The minimum Gasteiger partial charge on any atom is -0.325 e. The molecule has 0 saturated carbocycles. The van der Waals surface area contributed by atoms with Gasteiger partial charge in [-0.1, -0.05) is 60.1 Å². The van der Waals surface area contributed by atoms with Crippen molar-refractivity contribution >= 4 is 63.1 Å². The Labute approximate surface area is 176 Å². The van der Waals surface area contributed by atoms with Gasteiger partial charge < -0.3 is 5.32 Å². The molecule has 2 aromatic carbocycles. The standard InChI is InChI=1S/C20H16Cl2N4OS/c1-2-17(19(27)23-15-10-13(21)9-14(22)11-15)28-20-25-24-18-8-7-12-5-3-4-6-16(12)26(18)20/h3-11,17H,2H2,1H3,(H,23,27). The summed E-state index contributed by atoms with van der Waals surface area (Å²) in [7, 11) is 0. The van der Waals surface area contributed by atoms with Crippen LogP contribution < -0.4 is 5.32 Å². The third-order valence-corrected chi connectivity index (χ3v) is 6.03. The van der Waals surface area contributed by atoms with Crippen molar-refractivity contribution in [3.63, 3.8) is 0 Å². The average molecular weight is 431 g/mol. The van der Waals surface area contributed by atoms with E-state index in [2.05, 4.69) is 15.5 Å². The van der Waals surface area contributed by atoms with Gasteiger partial charge in [-0.3, -0.25) is 9.20 Å². The van der Waals surface area contributed by atoms with Crippen LogP contribution >= 0.6 is 35.0 Å². The Hall–Kier alpha value is -2.28. The lowest BCUT2D eigenvalue weighted by Gasteiger charge is -2.14. The van der Waals surface area contributed by atoms with Crippen LogP contribution in [0.3, 0.4) is 0 Å². The number of rotatable bonds is 5. The summed E-state index contributed by atoms with van der Waals surface area (Å²) in [6.45, 7) is 1.96. The number of anilines is 1. The van der Waals surface area contributed by atoms with Gasteiger partial charge >= 0.3 is 0 Å². The highest BCUT2D eigenvalue weighted by Gasteiger charge is 2.22. The Morgan fingerprint density at radius 2 is 1.86 bits per heavy atom. The molecule has 28 heavy (non-hydrogen) atoms. The van der Waals surface area contributed by atoms with Crippen LogP contribution in [-0.4, -0.2) is 25.8 Å². The molecule has 8 heteroatoms. The van der Waals surface area contributed by atoms with Gasteiger partial charge in [0.2, 0.25) is 5.91 Å². The van der Waals surface area contributed by atoms with E-state index in [4.69, 9.17) is 23.2 Å². The fraction of sp³-hybridized carbons (Fsp3) is 0.150. The Bertz CT molecular complexity index is 1160. The summed E-state index contributed by atoms with van der Waals surface area (Å²) < 4.78 is 1.98. The van der Waals surface area contributed by atoms with Gasteiger partial charge in [-0.05, 0) is 48.2 Å². The van der Waals surface area contributed by atoms with Gasteiger partial charge in [-0.15, -0.1) is 10.2 Å². The van der Waals surface area contributed by atoms with Gasteiger partial charge in [0.1, 0.15) is 0 Å². The lowest BCUT2D eigenvalue weighted by Crippen LogP contribution is -2.24. The molecule has 0 aliphatic heterocycles. The van der Waals surface area contributed by atoms with Crippen LogP contribution in [0, 0.1) is 0 Å². The number of aromatic nitrogens is 3. The maximum absolute atomic E-state index is 12.8. The van der Waals surface area contributed by atoms with Crippen molar-refractivity contribution in [2.45, 2.75) is 23.8 Å². The molecule has 0 aliphatic rings. The number of hydrogen-bond acceptors (Lipinski definition) is 4. The minimum absolute atomic E-state index is 0.136. The van der Waals surface area contributed by atoms with Gasteiger partial charge in [0, 0.05) is 15.7 Å². The van der Waals surface area contributed by atoms with E-state index in [0.717, 1.165) is 16.6 Å². The van der Waals surface area contributed by atoms with Gasteiger partial charge in [0.05, 0.1) is 10.8 Å². The number of benzene rings is 2. The molecular formula is C20H16Cl2N4OS. The molecular weight excluding hydrogens is 415 g/mol. The van der Waals surface area contributed by atoms with Gasteiger partial charge in [-0.2, -0.15) is 0 Å². The summed E-state index contributed by atoms with van der Waals surface area (Å²) in [6, 6.07) is 16.9. The molecule has 1 atom stereocenters. The fourth-order valence-electron chi connectivity index (χ4n) is 2.99. The lowest BCUT2D eigenvalue weighted by molar-refractivity contribution is -0.115. The normalized spacial score (nSPS) is 12.4. The monoisotopic (exact) mass is 430 g/mol. The predicted octanol–water partition coefficient (Wildman–Crippen LogP) is 5.70. The van der Waals surface area contributed by atoms with Crippen LogP contribution in [0.2, 0.25) is 10.0 Å². The summed E-state index contributed by atoms with van der Waals surface area (Å²) >= 11 is 13.4. The SMILES string of the molecule is CCC(Sc1nnc2ccc3ccccc3n12)C(=O)Nc1cc(Cl)cc(Cl)c1. The summed E-state index contributed by atoms with van der Waals surface area (Å²) in [6.07, 6.45) is 0.629. The molecule has 0 saturated heterocycles. The first kappa shape index (κ1) is 19.1. The number of nitrogens with zero attached hydrogens (tertiary/aromatic N) is 3. The second-order valence-corrected chi connectivity index (χ2v) is 8.27. The highest BCUT2D eigenvalue weighted by Crippen LogP contribution is 2.29. The van der Waals surface area contributed by atoms with Gasteiger partial charge in [0.25, 0.3) is 0 Å². The van der Waals surface area contributed by atoms with Crippen molar-refractivity contribution in [3.8, 4) is 0 Å². The number of halogens is 2. The van der Waals surface area contributed by atoms with E-state index < -0.39 is 0 Å². The summed E-state index contributed by atoms with van der Waals surface area (Å²) in [5.41, 5.74) is 2.32. The van der Waals surface area contributed by atoms with E-state index in [0.29, 0.717) is 27.3 Å². The predicted molar refractivity (Wildman–Crippen MR) is 116 cm³/mol. The first-order valence-corrected chi connectivity index (χ1v) is 10.3. The van der Waals surface area contributed by atoms with Crippen LogP contribution in [-0.2, 0) is 4.79 Å². The fourth-order valence-corrected chi connectivity index (χ4v) is 4.49. The second kappa shape index (κ2) is 7.99. The van der Waals surface area contributed by atoms with Crippen LogP contribution in [0.1, 0.15) is 13.3 Å². The molecule has 142 valence electrons. The van der Waals surface area contributed by atoms with E-state index in [1.807, 2.05) is 47.7 Å². The number of pyridine rings is 1. The summed E-state index contributed by atoms with van der Waals surface area (Å²) in [5.74, 6) is -0.136. The van der Waals surface area contributed by atoms with Crippen molar-refractivity contribution in [2.75, 3.05) is 5.32 Å².